The summed E-state index contributed by atoms with van der Waals surface area (Å²) in [6.07, 6.45) is 2.06. The van der Waals surface area contributed by atoms with Gasteiger partial charge in [0.2, 0.25) is 5.95 Å². The van der Waals surface area contributed by atoms with Crippen LogP contribution in [-0.4, -0.2) is 21.0 Å². The van der Waals surface area contributed by atoms with E-state index in [1.54, 1.807) is 19.1 Å². The van der Waals surface area contributed by atoms with Crippen LogP contribution in [-0.2, 0) is 0 Å². The number of aromatic carboxylic acids is 1. The number of aromatic nitrogens is 2. The molecule has 2 rings (SSSR count). The zero-order valence-electron chi connectivity index (χ0n) is 9.51. The van der Waals surface area contributed by atoms with E-state index in [4.69, 9.17) is 5.11 Å². The number of halogens is 1. The third-order valence-electron chi connectivity index (χ3n) is 2.34. The van der Waals surface area contributed by atoms with Gasteiger partial charge in [-0.2, -0.15) is 0 Å². The van der Waals surface area contributed by atoms with Gasteiger partial charge in [0.25, 0.3) is 0 Å². The zero-order chi connectivity index (χ0) is 13.1. The molecule has 0 fully saturated rings. The zero-order valence-corrected chi connectivity index (χ0v) is 9.51. The maximum atomic E-state index is 12.6. The first-order valence-electron chi connectivity index (χ1n) is 5.15. The SMILES string of the molecule is Cc1ccc(Nc2ncc(F)cn2)cc1C(=O)O. The first kappa shape index (κ1) is 12.0. The van der Waals surface area contributed by atoms with Crippen molar-refractivity contribution < 1.29 is 14.3 Å². The molecule has 92 valence electrons. The van der Waals surface area contributed by atoms with E-state index in [9.17, 15) is 9.18 Å². The molecule has 0 aliphatic heterocycles. The molecule has 1 heterocycles. The summed E-state index contributed by atoms with van der Waals surface area (Å²) < 4.78 is 12.6. The van der Waals surface area contributed by atoms with Gasteiger partial charge >= 0.3 is 5.97 Å². The van der Waals surface area contributed by atoms with Crippen LogP contribution in [0, 0.1) is 12.7 Å². The number of aryl methyl sites for hydroxylation is 1. The van der Waals surface area contributed by atoms with E-state index in [0.717, 1.165) is 12.4 Å². The van der Waals surface area contributed by atoms with Crippen molar-refractivity contribution in [3.8, 4) is 0 Å². The van der Waals surface area contributed by atoms with Crippen LogP contribution < -0.4 is 5.32 Å². The van der Waals surface area contributed by atoms with Crippen molar-refractivity contribution in [2.24, 2.45) is 0 Å². The predicted molar refractivity (Wildman–Crippen MR) is 63.4 cm³/mol. The first-order chi connectivity index (χ1) is 8.56. The van der Waals surface area contributed by atoms with Crippen molar-refractivity contribution in [2.45, 2.75) is 6.92 Å². The molecule has 1 aromatic heterocycles. The minimum absolute atomic E-state index is 0.196. The van der Waals surface area contributed by atoms with Crippen LogP contribution in [0.1, 0.15) is 15.9 Å². The molecule has 0 amide bonds. The lowest BCUT2D eigenvalue weighted by Crippen LogP contribution is -2.02. The number of hydrogen-bond acceptors (Lipinski definition) is 4. The number of carboxylic acids is 1. The normalized spacial score (nSPS) is 10.1. The van der Waals surface area contributed by atoms with E-state index in [-0.39, 0.29) is 11.5 Å². The molecule has 0 atom stereocenters. The highest BCUT2D eigenvalue weighted by Crippen LogP contribution is 2.17. The summed E-state index contributed by atoms with van der Waals surface area (Å²) in [6.45, 7) is 1.71. The van der Waals surface area contributed by atoms with Gasteiger partial charge in [0.05, 0.1) is 18.0 Å². The highest BCUT2D eigenvalue weighted by molar-refractivity contribution is 5.90. The average molecular weight is 247 g/mol. The lowest BCUT2D eigenvalue weighted by Gasteiger charge is -2.07. The number of nitrogens with zero attached hydrogens (tertiary/aromatic N) is 2. The van der Waals surface area contributed by atoms with E-state index in [1.807, 2.05) is 0 Å². The van der Waals surface area contributed by atoms with Crippen molar-refractivity contribution in [1.82, 2.24) is 9.97 Å². The van der Waals surface area contributed by atoms with Gasteiger partial charge in [0.15, 0.2) is 5.82 Å². The Hall–Kier alpha value is -2.50. The topological polar surface area (TPSA) is 75.1 Å². The van der Waals surface area contributed by atoms with E-state index < -0.39 is 11.8 Å². The Bertz CT molecular complexity index is 584. The quantitative estimate of drug-likeness (QED) is 0.870. The molecule has 0 saturated heterocycles. The highest BCUT2D eigenvalue weighted by atomic mass is 19.1. The minimum Gasteiger partial charge on any atom is -0.478 e. The maximum Gasteiger partial charge on any atom is 0.336 e. The first-order valence-corrected chi connectivity index (χ1v) is 5.15. The second-order valence-electron chi connectivity index (χ2n) is 3.68. The van der Waals surface area contributed by atoms with Crippen molar-refractivity contribution in [3.63, 3.8) is 0 Å². The average Bonchev–Trinajstić information content (AvgIpc) is 2.34. The number of carboxylic acid groups (broad SMARTS) is 1. The number of hydrogen-bond donors (Lipinski definition) is 2. The second kappa shape index (κ2) is 4.79. The number of nitrogens with one attached hydrogen (secondary N) is 1. The van der Waals surface area contributed by atoms with Gasteiger partial charge in [-0.15, -0.1) is 0 Å². The van der Waals surface area contributed by atoms with E-state index >= 15 is 0 Å². The summed E-state index contributed by atoms with van der Waals surface area (Å²) in [5.41, 5.74) is 1.39. The van der Waals surface area contributed by atoms with Crippen LogP contribution in [0.25, 0.3) is 0 Å². The molecule has 18 heavy (non-hydrogen) atoms. The smallest absolute Gasteiger partial charge is 0.336 e. The van der Waals surface area contributed by atoms with Gasteiger partial charge in [0, 0.05) is 5.69 Å². The predicted octanol–water partition coefficient (Wildman–Crippen LogP) is 2.37. The van der Waals surface area contributed by atoms with Crippen molar-refractivity contribution >= 4 is 17.6 Å². The molecule has 0 bridgehead atoms. The summed E-state index contributed by atoms with van der Waals surface area (Å²) >= 11 is 0. The van der Waals surface area contributed by atoms with Crippen molar-refractivity contribution in [2.75, 3.05) is 5.32 Å². The second-order valence-corrected chi connectivity index (χ2v) is 3.68. The Kier molecular flexibility index (Phi) is 3.18. The molecule has 2 aromatic rings. The van der Waals surface area contributed by atoms with Gasteiger partial charge in [0.1, 0.15) is 0 Å². The Balaban J connectivity index is 2.27. The summed E-state index contributed by atoms with van der Waals surface area (Å²) in [4.78, 5) is 18.4. The van der Waals surface area contributed by atoms with Crippen LogP contribution in [0.4, 0.5) is 16.0 Å². The molecule has 0 aliphatic rings. The third kappa shape index (κ3) is 2.60. The molecular formula is C12H10FN3O2. The molecule has 1 aromatic carbocycles. The lowest BCUT2D eigenvalue weighted by molar-refractivity contribution is 0.0696. The number of anilines is 2. The standard InChI is InChI=1S/C12H10FN3O2/c1-7-2-3-9(4-10(7)11(17)18)16-12-14-5-8(13)6-15-12/h2-6H,1H3,(H,17,18)(H,14,15,16). The van der Waals surface area contributed by atoms with Crippen LogP contribution in [0.3, 0.4) is 0 Å². The lowest BCUT2D eigenvalue weighted by atomic mass is 10.1. The van der Waals surface area contributed by atoms with E-state index in [0.29, 0.717) is 11.3 Å². The van der Waals surface area contributed by atoms with E-state index in [1.165, 1.54) is 6.07 Å². The molecule has 6 heteroatoms. The number of carbonyl (C=O) groups is 1. The van der Waals surface area contributed by atoms with Crippen molar-refractivity contribution in [3.05, 3.63) is 47.5 Å². The molecule has 0 radical (unpaired) electrons. The number of rotatable bonds is 3. The Morgan fingerprint density at radius 2 is 2.00 bits per heavy atom. The Morgan fingerprint density at radius 1 is 1.33 bits per heavy atom. The summed E-state index contributed by atoms with van der Waals surface area (Å²) in [5.74, 6) is -1.33. The fourth-order valence-electron chi connectivity index (χ4n) is 1.44. The number of benzene rings is 1. The maximum absolute atomic E-state index is 12.6. The molecule has 0 aliphatic carbocycles. The summed E-state index contributed by atoms with van der Waals surface area (Å²) in [7, 11) is 0. The largest absolute Gasteiger partial charge is 0.478 e. The van der Waals surface area contributed by atoms with Gasteiger partial charge in [-0.25, -0.2) is 19.2 Å². The van der Waals surface area contributed by atoms with Crippen LogP contribution in [0.2, 0.25) is 0 Å². The molecule has 0 spiro atoms. The Labute approximate surface area is 102 Å². The molecule has 5 nitrogen and oxygen atoms in total. The molecule has 2 N–H and O–H groups in total. The van der Waals surface area contributed by atoms with E-state index in [2.05, 4.69) is 15.3 Å². The highest BCUT2D eigenvalue weighted by Gasteiger charge is 2.08. The summed E-state index contributed by atoms with van der Waals surface area (Å²) in [5, 5.41) is 11.8. The van der Waals surface area contributed by atoms with Gasteiger partial charge in [-0.3, -0.25) is 0 Å². The van der Waals surface area contributed by atoms with Crippen LogP contribution >= 0.6 is 0 Å². The fraction of sp³-hybridized carbons (Fsp3) is 0.0833. The van der Waals surface area contributed by atoms with Gasteiger partial charge in [-0.1, -0.05) is 6.07 Å². The van der Waals surface area contributed by atoms with Crippen molar-refractivity contribution in [1.29, 1.82) is 0 Å². The summed E-state index contributed by atoms with van der Waals surface area (Å²) in [6, 6.07) is 4.86. The van der Waals surface area contributed by atoms with Crippen LogP contribution in [0.15, 0.2) is 30.6 Å². The van der Waals surface area contributed by atoms with Gasteiger partial charge < -0.3 is 10.4 Å². The molecular weight excluding hydrogens is 237 g/mol. The molecule has 0 saturated carbocycles. The minimum atomic E-state index is -1.00. The van der Waals surface area contributed by atoms with Gasteiger partial charge in [-0.05, 0) is 24.6 Å². The fourth-order valence-corrected chi connectivity index (χ4v) is 1.44. The third-order valence-corrected chi connectivity index (χ3v) is 2.34. The van der Waals surface area contributed by atoms with Crippen LogP contribution in [0.5, 0.6) is 0 Å². The molecule has 0 unspecified atom stereocenters. The Morgan fingerprint density at radius 3 is 2.61 bits per heavy atom. The monoisotopic (exact) mass is 247 g/mol.